The molecule has 4 heteroatoms. The number of hydrogen-bond acceptors (Lipinski definition) is 3. The van der Waals surface area contributed by atoms with Gasteiger partial charge in [-0.25, -0.2) is 0 Å². The molecule has 0 N–H and O–H groups in total. The molecule has 0 spiro atoms. The molecule has 2 aromatic rings. The molecule has 1 aliphatic rings. The van der Waals surface area contributed by atoms with Crippen molar-refractivity contribution in [3.8, 4) is 5.75 Å². The Morgan fingerprint density at radius 2 is 1.58 bits per heavy atom. The number of ether oxygens (including phenoxy) is 1. The zero-order valence-corrected chi connectivity index (χ0v) is 14.4. The van der Waals surface area contributed by atoms with E-state index in [1.54, 1.807) is 0 Å². The number of aryl methyl sites for hydroxylation is 1. The Kier molecular flexibility index (Phi) is 5.04. The molecule has 0 bridgehead atoms. The number of carbonyl (C=O) groups is 1. The third-order valence-electron chi connectivity index (χ3n) is 4.38. The molecule has 0 aromatic heterocycles. The van der Waals surface area contributed by atoms with Crippen LogP contribution in [-0.4, -0.2) is 43.6 Å². The number of carbonyl (C=O) groups excluding carboxylic acids is 1. The normalized spacial score (nSPS) is 14.6. The van der Waals surface area contributed by atoms with Gasteiger partial charge in [-0.1, -0.05) is 17.7 Å². The maximum absolute atomic E-state index is 12.6. The lowest BCUT2D eigenvalue weighted by molar-refractivity contribution is 0.0747. The molecule has 126 valence electrons. The fourth-order valence-corrected chi connectivity index (χ4v) is 2.97. The molecule has 4 nitrogen and oxygen atoms in total. The predicted molar refractivity (Wildman–Crippen MR) is 96.9 cm³/mol. The highest BCUT2D eigenvalue weighted by atomic mass is 16.5. The van der Waals surface area contributed by atoms with Gasteiger partial charge in [0, 0.05) is 37.4 Å². The first kappa shape index (κ1) is 16.4. The lowest BCUT2D eigenvalue weighted by atomic mass is 10.1. The molecule has 0 radical (unpaired) electrons. The van der Waals surface area contributed by atoms with Crippen LogP contribution in [0.1, 0.15) is 22.8 Å². The second kappa shape index (κ2) is 7.39. The van der Waals surface area contributed by atoms with Crippen molar-refractivity contribution in [2.24, 2.45) is 0 Å². The molecular formula is C20H24N2O2. The third-order valence-corrected chi connectivity index (χ3v) is 4.38. The van der Waals surface area contributed by atoms with Crippen LogP contribution in [0.4, 0.5) is 5.69 Å². The first-order chi connectivity index (χ1) is 11.7. The molecule has 2 aromatic carbocycles. The van der Waals surface area contributed by atoms with Crippen LogP contribution in [0.15, 0.2) is 48.5 Å². The number of amides is 1. The van der Waals surface area contributed by atoms with E-state index in [4.69, 9.17) is 4.74 Å². The van der Waals surface area contributed by atoms with Crippen molar-refractivity contribution in [3.05, 3.63) is 59.7 Å². The van der Waals surface area contributed by atoms with Crippen molar-refractivity contribution in [1.82, 2.24) is 4.90 Å². The fourth-order valence-electron chi connectivity index (χ4n) is 2.97. The molecule has 0 atom stereocenters. The maximum Gasteiger partial charge on any atom is 0.253 e. The number of anilines is 1. The molecule has 1 saturated heterocycles. The Bertz CT molecular complexity index is 672. The van der Waals surface area contributed by atoms with Crippen molar-refractivity contribution in [2.45, 2.75) is 13.8 Å². The standard InChI is InChI=1S/C20H24N2O2/c1-3-24-19-10-6-17(7-11-19)20(23)22-14-12-21(13-15-22)18-8-4-16(2)5-9-18/h4-11H,3,12-15H2,1-2H3. The average molecular weight is 324 g/mol. The Morgan fingerprint density at radius 3 is 2.17 bits per heavy atom. The minimum Gasteiger partial charge on any atom is -0.494 e. The summed E-state index contributed by atoms with van der Waals surface area (Å²) < 4.78 is 5.43. The van der Waals surface area contributed by atoms with Crippen LogP contribution in [0.5, 0.6) is 5.75 Å². The largest absolute Gasteiger partial charge is 0.494 e. The van der Waals surface area contributed by atoms with Gasteiger partial charge < -0.3 is 14.5 Å². The van der Waals surface area contributed by atoms with Crippen molar-refractivity contribution >= 4 is 11.6 Å². The highest BCUT2D eigenvalue weighted by molar-refractivity contribution is 5.94. The topological polar surface area (TPSA) is 32.8 Å². The molecule has 1 amide bonds. The molecule has 1 heterocycles. The van der Waals surface area contributed by atoms with E-state index in [2.05, 4.69) is 36.1 Å². The smallest absolute Gasteiger partial charge is 0.253 e. The molecule has 0 saturated carbocycles. The van der Waals surface area contributed by atoms with Gasteiger partial charge in [0.1, 0.15) is 5.75 Å². The minimum atomic E-state index is 0.0987. The zero-order valence-electron chi connectivity index (χ0n) is 14.4. The summed E-state index contributed by atoms with van der Waals surface area (Å²) in [6.07, 6.45) is 0. The number of nitrogens with zero attached hydrogens (tertiary/aromatic N) is 2. The van der Waals surface area contributed by atoms with Gasteiger partial charge in [0.2, 0.25) is 0 Å². The molecule has 1 aliphatic heterocycles. The lowest BCUT2D eigenvalue weighted by Gasteiger charge is -2.36. The highest BCUT2D eigenvalue weighted by Crippen LogP contribution is 2.19. The van der Waals surface area contributed by atoms with E-state index in [1.165, 1.54) is 11.3 Å². The first-order valence-corrected chi connectivity index (χ1v) is 8.51. The van der Waals surface area contributed by atoms with Gasteiger partial charge in [0.15, 0.2) is 0 Å². The minimum absolute atomic E-state index is 0.0987. The Labute approximate surface area is 143 Å². The van der Waals surface area contributed by atoms with Gasteiger partial charge in [-0.15, -0.1) is 0 Å². The van der Waals surface area contributed by atoms with Crippen LogP contribution >= 0.6 is 0 Å². The van der Waals surface area contributed by atoms with Gasteiger partial charge in [-0.3, -0.25) is 4.79 Å². The fraction of sp³-hybridized carbons (Fsp3) is 0.350. The van der Waals surface area contributed by atoms with Crippen molar-refractivity contribution in [3.63, 3.8) is 0 Å². The van der Waals surface area contributed by atoms with Gasteiger partial charge >= 0.3 is 0 Å². The Balaban J connectivity index is 1.59. The van der Waals surface area contributed by atoms with Crippen LogP contribution in [0.25, 0.3) is 0 Å². The van der Waals surface area contributed by atoms with Crippen LogP contribution < -0.4 is 9.64 Å². The zero-order chi connectivity index (χ0) is 16.9. The number of hydrogen-bond donors (Lipinski definition) is 0. The van der Waals surface area contributed by atoms with Crippen molar-refractivity contribution in [1.29, 1.82) is 0 Å². The van der Waals surface area contributed by atoms with E-state index in [-0.39, 0.29) is 5.91 Å². The predicted octanol–water partition coefficient (Wildman–Crippen LogP) is 3.36. The monoisotopic (exact) mass is 324 g/mol. The number of piperazine rings is 1. The first-order valence-electron chi connectivity index (χ1n) is 8.51. The van der Waals surface area contributed by atoms with Crippen LogP contribution in [0, 0.1) is 6.92 Å². The lowest BCUT2D eigenvalue weighted by Crippen LogP contribution is -2.48. The third kappa shape index (κ3) is 3.70. The second-order valence-corrected chi connectivity index (χ2v) is 6.07. The summed E-state index contributed by atoms with van der Waals surface area (Å²) in [4.78, 5) is 16.9. The Hall–Kier alpha value is -2.49. The van der Waals surface area contributed by atoms with E-state index < -0.39 is 0 Å². The van der Waals surface area contributed by atoms with Gasteiger partial charge in [-0.2, -0.15) is 0 Å². The van der Waals surface area contributed by atoms with Crippen LogP contribution in [-0.2, 0) is 0 Å². The SMILES string of the molecule is CCOc1ccc(C(=O)N2CCN(c3ccc(C)cc3)CC2)cc1. The van der Waals surface area contributed by atoms with E-state index in [0.717, 1.165) is 37.5 Å². The molecule has 3 rings (SSSR count). The molecule has 24 heavy (non-hydrogen) atoms. The van der Waals surface area contributed by atoms with Crippen molar-refractivity contribution in [2.75, 3.05) is 37.7 Å². The van der Waals surface area contributed by atoms with Crippen LogP contribution in [0.2, 0.25) is 0 Å². The summed E-state index contributed by atoms with van der Waals surface area (Å²) in [5.41, 5.74) is 3.22. The maximum atomic E-state index is 12.6. The van der Waals surface area contributed by atoms with E-state index in [9.17, 15) is 4.79 Å². The quantitative estimate of drug-likeness (QED) is 0.864. The molecular weight excluding hydrogens is 300 g/mol. The Morgan fingerprint density at radius 1 is 0.958 bits per heavy atom. The van der Waals surface area contributed by atoms with E-state index in [1.807, 2.05) is 36.1 Å². The highest BCUT2D eigenvalue weighted by Gasteiger charge is 2.22. The number of rotatable bonds is 4. The van der Waals surface area contributed by atoms with Gasteiger partial charge in [-0.05, 0) is 50.2 Å². The summed E-state index contributed by atoms with van der Waals surface area (Å²) in [5.74, 6) is 0.903. The summed E-state index contributed by atoms with van der Waals surface area (Å²) >= 11 is 0. The van der Waals surface area contributed by atoms with Crippen molar-refractivity contribution < 1.29 is 9.53 Å². The van der Waals surface area contributed by atoms with Gasteiger partial charge in [0.05, 0.1) is 6.61 Å². The molecule has 1 fully saturated rings. The molecule has 0 unspecified atom stereocenters. The summed E-state index contributed by atoms with van der Waals surface area (Å²) in [6, 6.07) is 16.0. The summed E-state index contributed by atoms with van der Waals surface area (Å²) in [5, 5.41) is 0. The average Bonchev–Trinajstić information content (AvgIpc) is 2.63. The van der Waals surface area contributed by atoms with E-state index >= 15 is 0 Å². The molecule has 0 aliphatic carbocycles. The second-order valence-electron chi connectivity index (χ2n) is 6.07. The number of benzene rings is 2. The van der Waals surface area contributed by atoms with E-state index in [0.29, 0.717) is 6.61 Å². The van der Waals surface area contributed by atoms with Gasteiger partial charge in [0.25, 0.3) is 5.91 Å². The van der Waals surface area contributed by atoms with Crippen LogP contribution in [0.3, 0.4) is 0 Å². The summed E-state index contributed by atoms with van der Waals surface area (Å²) in [6.45, 7) is 7.91. The summed E-state index contributed by atoms with van der Waals surface area (Å²) in [7, 11) is 0.